The van der Waals surface area contributed by atoms with Gasteiger partial charge in [0, 0.05) is 36.1 Å². The van der Waals surface area contributed by atoms with Gasteiger partial charge in [0.2, 0.25) is 11.8 Å². The highest BCUT2D eigenvalue weighted by molar-refractivity contribution is 6.23. The van der Waals surface area contributed by atoms with Crippen molar-refractivity contribution < 1.29 is 19.2 Å². The van der Waals surface area contributed by atoms with Gasteiger partial charge in [-0.05, 0) is 67.7 Å². The molecule has 1 unspecified atom stereocenters. The van der Waals surface area contributed by atoms with Gasteiger partial charge in [-0.25, -0.2) is 0 Å². The highest BCUT2D eigenvalue weighted by Crippen LogP contribution is 2.38. The molecule has 0 spiro atoms. The van der Waals surface area contributed by atoms with Gasteiger partial charge in [0.1, 0.15) is 6.04 Å². The summed E-state index contributed by atoms with van der Waals surface area (Å²) in [4.78, 5) is 55.5. The molecule has 200 valence electrons. The Morgan fingerprint density at radius 1 is 1.00 bits per heavy atom. The van der Waals surface area contributed by atoms with Crippen LogP contribution in [0.4, 0.5) is 5.69 Å². The van der Waals surface area contributed by atoms with Crippen LogP contribution in [0.25, 0.3) is 5.57 Å². The van der Waals surface area contributed by atoms with Crippen molar-refractivity contribution in [2.75, 3.05) is 11.9 Å². The highest BCUT2D eigenvalue weighted by Gasteiger charge is 2.44. The van der Waals surface area contributed by atoms with Crippen molar-refractivity contribution in [1.82, 2.24) is 10.2 Å². The van der Waals surface area contributed by atoms with Crippen LogP contribution < -0.4 is 16.4 Å². The van der Waals surface area contributed by atoms with Crippen LogP contribution in [0.2, 0.25) is 0 Å². The minimum atomic E-state index is -0.962. The quantitative estimate of drug-likeness (QED) is 0.358. The van der Waals surface area contributed by atoms with Crippen LogP contribution in [0.3, 0.4) is 0 Å². The molecule has 2 saturated carbocycles. The van der Waals surface area contributed by atoms with E-state index in [9.17, 15) is 19.2 Å². The SMILES string of the molecule is NC(=C(C=NC1CC(CNc2ccc3c(c2)C(=O)N(C2CCC(=O)NC2=O)C3=O)C1)c1ccccc1)C1CC1. The summed E-state index contributed by atoms with van der Waals surface area (Å²) in [5, 5.41) is 5.60. The van der Waals surface area contributed by atoms with Crippen molar-refractivity contribution in [1.29, 1.82) is 0 Å². The van der Waals surface area contributed by atoms with Gasteiger partial charge >= 0.3 is 0 Å². The number of benzene rings is 2. The highest BCUT2D eigenvalue weighted by atomic mass is 16.2. The lowest BCUT2D eigenvalue weighted by molar-refractivity contribution is -0.136. The number of nitrogens with zero attached hydrogens (tertiary/aromatic N) is 2. The fourth-order valence-electron chi connectivity index (χ4n) is 5.56. The van der Waals surface area contributed by atoms with Crippen LogP contribution in [0.1, 0.15) is 64.8 Å². The standard InChI is InChI=1S/C30H31N5O4/c31-27(19-6-7-19)24(18-4-2-1-3-5-18)16-33-21-12-17(13-21)15-32-20-8-9-22-23(14-20)30(39)35(29(22)38)25-10-11-26(36)34-28(25)37/h1-5,8-9,14,16-17,19,21,25,32H,6-7,10-13,15,31H2,(H,34,36,37). The molecule has 9 heteroatoms. The number of amides is 4. The van der Waals surface area contributed by atoms with E-state index in [-0.39, 0.29) is 30.0 Å². The molecule has 2 aliphatic heterocycles. The Morgan fingerprint density at radius 3 is 2.46 bits per heavy atom. The van der Waals surface area contributed by atoms with Gasteiger partial charge in [0.15, 0.2) is 0 Å². The molecule has 2 aromatic rings. The second kappa shape index (κ2) is 10.1. The van der Waals surface area contributed by atoms with Crippen LogP contribution in [0, 0.1) is 11.8 Å². The average Bonchev–Trinajstić information content (AvgIpc) is 3.73. The summed E-state index contributed by atoms with van der Waals surface area (Å²) >= 11 is 0. The molecule has 3 fully saturated rings. The predicted octanol–water partition coefficient (Wildman–Crippen LogP) is 3.13. The molecule has 4 N–H and O–H groups in total. The van der Waals surface area contributed by atoms with Gasteiger partial charge in [-0.15, -0.1) is 0 Å². The zero-order chi connectivity index (χ0) is 27.1. The first kappa shape index (κ1) is 25.0. The molecule has 0 bridgehead atoms. The number of piperidine rings is 1. The number of carbonyl (C=O) groups excluding carboxylic acids is 4. The Labute approximate surface area is 226 Å². The number of fused-ring (bicyclic) bond motifs is 1. The number of imide groups is 2. The van der Waals surface area contributed by atoms with E-state index in [4.69, 9.17) is 10.7 Å². The number of nitrogens with two attached hydrogens (primary N) is 1. The van der Waals surface area contributed by atoms with Crippen molar-refractivity contribution in [3.63, 3.8) is 0 Å². The molecule has 2 aliphatic carbocycles. The van der Waals surface area contributed by atoms with E-state index < -0.39 is 29.7 Å². The van der Waals surface area contributed by atoms with E-state index in [0.717, 1.165) is 59.6 Å². The minimum Gasteiger partial charge on any atom is -0.401 e. The van der Waals surface area contributed by atoms with Crippen LogP contribution in [-0.4, -0.2) is 53.4 Å². The Hall–Kier alpha value is -4.27. The number of hydrogen-bond acceptors (Lipinski definition) is 7. The normalized spacial score (nSPS) is 25.3. The number of hydrogen-bond donors (Lipinski definition) is 3. The molecule has 1 atom stereocenters. The van der Waals surface area contributed by atoms with Gasteiger partial charge < -0.3 is 11.1 Å². The molecule has 4 amide bonds. The molecular weight excluding hydrogens is 494 g/mol. The zero-order valence-corrected chi connectivity index (χ0v) is 21.6. The Bertz CT molecular complexity index is 1410. The molecule has 2 heterocycles. The molecule has 0 radical (unpaired) electrons. The summed E-state index contributed by atoms with van der Waals surface area (Å²) in [5.41, 5.74) is 10.8. The average molecular weight is 526 g/mol. The number of allylic oxidation sites excluding steroid dienone is 2. The van der Waals surface area contributed by atoms with Gasteiger partial charge in [-0.2, -0.15) is 0 Å². The molecule has 39 heavy (non-hydrogen) atoms. The fraction of sp³-hybridized carbons (Fsp3) is 0.367. The largest absolute Gasteiger partial charge is 0.401 e. The van der Waals surface area contributed by atoms with Crippen molar-refractivity contribution >= 4 is 41.1 Å². The molecule has 6 rings (SSSR count). The zero-order valence-electron chi connectivity index (χ0n) is 21.6. The molecule has 9 nitrogen and oxygen atoms in total. The Kier molecular flexibility index (Phi) is 6.50. The maximum absolute atomic E-state index is 13.0. The topological polar surface area (TPSA) is 134 Å². The van der Waals surface area contributed by atoms with Crippen LogP contribution in [0.5, 0.6) is 0 Å². The number of carbonyl (C=O) groups is 4. The summed E-state index contributed by atoms with van der Waals surface area (Å²) in [5.74, 6) is -1.08. The van der Waals surface area contributed by atoms with E-state index in [2.05, 4.69) is 22.8 Å². The summed E-state index contributed by atoms with van der Waals surface area (Å²) in [6, 6.07) is 14.5. The summed E-state index contributed by atoms with van der Waals surface area (Å²) in [7, 11) is 0. The van der Waals surface area contributed by atoms with Crippen LogP contribution in [-0.2, 0) is 9.59 Å². The number of rotatable bonds is 8. The smallest absolute Gasteiger partial charge is 0.262 e. The third-order valence-electron chi connectivity index (χ3n) is 8.07. The van der Waals surface area contributed by atoms with E-state index in [1.165, 1.54) is 0 Å². The lowest BCUT2D eigenvalue weighted by atomic mass is 9.80. The molecule has 2 aromatic carbocycles. The van der Waals surface area contributed by atoms with E-state index in [1.807, 2.05) is 24.4 Å². The maximum Gasteiger partial charge on any atom is 0.262 e. The lowest BCUT2D eigenvalue weighted by Crippen LogP contribution is -2.54. The lowest BCUT2D eigenvalue weighted by Gasteiger charge is -2.33. The first-order valence-electron chi connectivity index (χ1n) is 13.6. The van der Waals surface area contributed by atoms with Crippen molar-refractivity contribution in [2.24, 2.45) is 22.6 Å². The fourth-order valence-corrected chi connectivity index (χ4v) is 5.56. The second-order valence-corrected chi connectivity index (χ2v) is 10.9. The third-order valence-corrected chi connectivity index (χ3v) is 8.07. The Morgan fingerprint density at radius 2 is 1.74 bits per heavy atom. The maximum atomic E-state index is 13.0. The monoisotopic (exact) mass is 525 g/mol. The van der Waals surface area contributed by atoms with Crippen molar-refractivity contribution in [3.8, 4) is 0 Å². The number of anilines is 1. The summed E-state index contributed by atoms with van der Waals surface area (Å²) < 4.78 is 0. The van der Waals surface area contributed by atoms with Crippen LogP contribution in [0.15, 0.2) is 59.2 Å². The summed E-state index contributed by atoms with van der Waals surface area (Å²) in [6.45, 7) is 0.732. The molecular formula is C30H31N5O4. The Balaban J connectivity index is 1.05. The van der Waals surface area contributed by atoms with E-state index in [1.54, 1.807) is 18.2 Å². The molecule has 4 aliphatic rings. The first-order chi connectivity index (χ1) is 18.9. The van der Waals surface area contributed by atoms with Crippen LogP contribution >= 0.6 is 0 Å². The number of aliphatic imine (C=N–C) groups is 1. The third kappa shape index (κ3) is 4.96. The van der Waals surface area contributed by atoms with Crippen molar-refractivity contribution in [2.45, 2.75) is 50.6 Å². The second-order valence-electron chi connectivity index (χ2n) is 10.9. The number of nitrogens with one attached hydrogen (secondary N) is 2. The molecule has 1 saturated heterocycles. The van der Waals surface area contributed by atoms with Gasteiger partial charge in [0.05, 0.1) is 17.2 Å². The minimum absolute atomic E-state index is 0.0980. The van der Waals surface area contributed by atoms with E-state index in [0.29, 0.717) is 11.8 Å². The van der Waals surface area contributed by atoms with Gasteiger partial charge in [-0.1, -0.05) is 30.3 Å². The van der Waals surface area contributed by atoms with Gasteiger partial charge in [-0.3, -0.25) is 34.4 Å². The van der Waals surface area contributed by atoms with Gasteiger partial charge in [0.25, 0.3) is 11.8 Å². The summed E-state index contributed by atoms with van der Waals surface area (Å²) in [6.07, 6.45) is 6.40. The first-order valence-corrected chi connectivity index (χ1v) is 13.6. The van der Waals surface area contributed by atoms with Crippen molar-refractivity contribution in [3.05, 3.63) is 70.9 Å². The van der Waals surface area contributed by atoms with E-state index >= 15 is 0 Å². The predicted molar refractivity (Wildman–Crippen MR) is 147 cm³/mol. The molecule has 0 aromatic heterocycles.